The maximum Gasteiger partial charge on any atom is 0.337 e. The average Bonchev–Trinajstić information content (AvgIpc) is 2.70. The Morgan fingerprint density at radius 1 is 1.20 bits per heavy atom. The standard InChI is InChI=1S/C14H14N2O4/c1-7-5-10(8(2)20-7)13(17)16-12-4-3-9(15)6-11(12)14(18)19/h3-6H,15H2,1-2H3,(H,16,17)(H,18,19). The van der Waals surface area contributed by atoms with Gasteiger partial charge in [0.2, 0.25) is 0 Å². The van der Waals surface area contributed by atoms with Crippen LogP contribution in [0.4, 0.5) is 11.4 Å². The number of aromatic carboxylic acids is 1. The van der Waals surface area contributed by atoms with Crippen molar-refractivity contribution < 1.29 is 19.1 Å². The monoisotopic (exact) mass is 274 g/mol. The molecular formula is C14H14N2O4. The SMILES string of the molecule is Cc1cc(C(=O)Nc2ccc(N)cc2C(=O)O)c(C)o1. The molecule has 0 saturated carbocycles. The number of carbonyl (C=O) groups excluding carboxylic acids is 1. The molecule has 0 spiro atoms. The molecule has 0 fully saturated rings. The van der Waals surface area contributed by atoms with Gasteiger partial charge in [0.25, 0.3) is 5.91 Å². The minimum Gasteiger partial charge on any atom is -0.478 e. The summed E-state index contributed by atoms with van der Waals surface area (Å²) < 4.78 is 5.27. The van der Waals surface area contributed by atoms with Gasteiger partial charge >= 0.3 is 5.97 Å². The number of aryl methyl sites for hydroxylation is 2. The molecule has 104 valence electrons. The van der Waals surface area contributed by atoms with Crippen molar-refractivity contribution in [2.45, 2.75) is 13.8 Å². The van der Waals surface area contributed by atoms with Gasteiger partial charge in [0.1, 0.15) is 11.5 Å². The number of nitrogen functional groups attached to an aromatic ring is 1. The molecule has 0 aliphatic carbocycles. The third-order valence-corrected chi connectivity index (χ3v) is 2.81. The first-order valence-electron chi connectivity index (χ1n) is 5.89. The molecule has 0 aliphatic heterocycles. The first-order valence-corrected chi connectivity index (χ1v) is 5.89. The molecule has 1 aromatic carbocycles. The van der Waals surface area contributed by atoms with E-state index in [2.05, 4.69) is 5.32 Å². The number of anilines is 2. The summed E-state index contributed by atoms with van der Waals surface area (Å²) in [6.45, 7) is 3.40. The maximum absolute atomic E-state index is 12.1. The van der Waals surface area contributed by atoms with Crippen molar-refractivity contribution >= 4 is 23.3 Å². The predicted molar refractivity (Wildman–Crippen MR) is 73.9 cm³/mol. The van der Waals surface area contributed by atoms with Crippen molar-refractivity contribution in [3.63, 3.8) is 0 Å². The van der Waals surface area contributed by atoms with Gasteiger partial charge in [0.15, 0.2) is 0 Å². The molecule has 20 heavy (non-hydrogen) atoms. The highest BCUT2D eigenvalue weighted by Gasteiger charge is 2.17. The van der Waals surface area contributed by atoms with Crippen LogP contribution < -0.4 is 11.1 Å². The Kier molecular flexibility index (Phi) is 3.47. The molecule has 2 aromatic rings. The van der Waals surface area contributed by atoms with E-state index in [1.165, 1.54) is 18.2 Å². The second-order valence-corrected chi connectivity index (χ2v) is 4.39. The van der Waals surface area contributed by atoms with Crippen molar-refractivity contribution in [2.24, 2.45) is 0 Å². The highest BCUT2D eigenvalue weighted by atomic mass is 16.4. The molecule has 4 N–H and O–H groups in total. The zero-order valence-electron chi connectivity index (χ0n) is 11.1. The molecule has 0 saturated heterocycles. The Morgan fingerprint density at radius 3 is 2.45 bits per heavy atom. The predicted octanol–water partition coefficient (Wildman–Crippen LogP) is 2.43. The molecule has 2 rings (SSSR count). The number of carboxylic acids is 1. The summed E-state index contributed by atoms with van der Waals surface area (Å²) in [4.78, 5) is 23.3. The fourth-order valence-electron chi connectivity index (χ4n) is 1.89. The van der Waals surface area contributed by atoms with Crippen molar-refractivity contribution in [2.75, 3.05) is 11.1 Å². The number of hydrogen-bond donors (Lipinski definition) is 3. The Balaban J connectivity index is 2.33. The first kappa shape index (κ1) is 13.7. The maximum atomic E-state index is 12.1. The van der Waals surface area contributed by atoms with Crippen LogP contribution in [0, 0.1) is 13.8 Å². The number of nitrogens with one attached hydrogen (secondary N) is 1. The van der Waals surface area contributed by atoms with Crippen molar-refractivity contribution in [3.8, 4) is 0 Å². The lowest BCUT2D eigenvalue weighted by atomic mass is 10.1. The lowest BCUT2D eigenvalue weighted by molar-refractivity contribution is 0.0698. The Morgan fingerprint density at radius 2 is 1.90 bits per heavy atom. The Bertz CT molecular complexity index is 688. The number of hydrogen-bond acceptors (Lipinski definition) is 4. The number of rotatable bonds is 3. The summed E-state index contributed by atoms with van der Waals surface area (Å²) in [7, 11) is 0. The lowest BCUT2D eigenvalue weighted by Gasteiger charge is -2.08. The Labute approximate surface area is 115 Å². The van der Waals surface area contributed by atoms with E-state index in [-0.39, 0.29) is 11.3 Å². The zero-order valence-corrected chi connectivity index (χ0v) is 11.1. The number of benzene rings is 1. The summed E-state index contributed by atoms with van der Waals surface area (Å²) in [5.41, 5.74) is 6.36. The van der Waals surface area contributed by atoms with Crippen LogP contribution in [0.2, 0.25) is 0 Å². The van der Waals surface area contributed by atoms with Gasteiger partial charge in [-0.1, -0.05) is 0 Å². The van der Waals surface area contributed by atoms with Crippen LogP contribution in [0.5, 0.6) is 0 Å². The van der Waals surface area contributed by atoms with Crippen LogP contribution in [0.3, 0.4) is 0 Å². The van der Waals surface area contributed by atoms with Crippen LogP contribution in [0.15, 0.2) is 28.7 Å². The van der Waals surface area contributed by atoms with E-state index in [1.807, 2.05) is 0 Å². The van der Waals surface area contributed by atoms with E-state index in [1.54, 1.807) is 19.9 Å². The number of carbonyl (C=O) groups is 2. The van der Waals surface area contributed by atoms with Gasteiger partial charge < -0.3 is 20.6 Å². The number of amides is 1. The second kappa shape index (κ2) is 5.08. The summed E-state index contributed by atoms with van der Waals surface area (Å²) in [5, 5.41) is 11.7. The summed E-state index contributed by atoms with van der Waals surface area (Å²) >= 11 is 0. The van der Waals surface area contributed by atoms with Gasteiger partial charge in [0, 0.05) is 5.69 Å². The van der Waals surface area contributed by atoms with E-state index in [0.29, 0.717) is 22.8 Å². The minimum absolute atomic E-state index is 0.0591. The minimum atomic E-state index is -1.16. The number of nitrogens with two attached hydrogens (primary N) is 1. The summed E-state index contributed by atoms with van der Waals surface area (Å²) in [6, 6.07) is 5.88. The fourth-order valence-corrected chi connectivity index (χ4v) is 1.89. The van der Waals surface area contributed by atoms with Crippen molar-refractivity contribution in [1.29, 1.82) is 0 Å². The van der Waals surface area contributed by atoms with Gasteiger partial charge in [-0.25, -0.2) is 4.79 Å². The molecule has 0 atom stereocenters. The van der Waals surface area contributed by atoms with Gasteiger partial charge in [-0.3, -0.25) is 4.79 Å². The second-order valence-electron chi connectivity index (χ2n) is 4.39. The van der Waals surface area contributed by atoms with Crippen molar-refractivity contribution in [1.82, 2.24) is 0 Å². The highest BCUT2D eigenvalue weighted by Crippen LogP contribution is 2.21. The van der Waals surface area contributed by atoms with Crippen LogP contribution in [-0.2, 0) is 0 Å². The van der Waals surface area contributed by atoms with E-state index >= 15 is 0 Å². The van der Waals surface area contributed by atoms with Crippen LogP contribution in [-0.4, -0.2) is 17.0 Å². The zero-order chi connectivity index (χ0) is 14.9. The van der Waals surface area contributed by atoms with E-state index in [4.69, 9.17) is 15.3 Å². The van der Waals surface area contributed by atoms with Crippen LogP contribution >= 0.6 is 0 Å². The molecule has 1 aromatic heterocycles. The molecule has 0 aliphatic rings. The van der Waals surface area contributed by atoms with Gasteiger partial charge in [-0.2, -0.15) is 0 Å². The molecule has 6 nitrogen and oxygen atoms in total. The molecule has 6 heteroatoms. The molecule has 0 unspecified atom stereocenters. The smallest absolute Gasteiger partial charge is 0.337 e. The quantitative estimate of drug-likeness (QED) is 0.745. The number of furan rings is 1. The van der Waals surface area contributed by atoms with Crippen LogP contribution in [0.1, 0.15) is 32.2 Å². The summed E-state index contributed by atoms with van der Waals surface area (Å²) in [5.74, 6) is -0.491. The molecule has 1 amide bonds. The van der Waals surface area contributed by atoms with E-state index in [9.17, 15) is 9.59 Å². The van der Waals surface area contributed by atoms with Gasteiger partial charge in [-0.05, 0) is 38.1 Å². The molecule has 1 heterocycles. The largest absolute Gasteiger partial charge is 0.478 e. The molecule has 0 bridgehead atoms. The van der Waals surface area contributed by atoms with Crippen molar-refractivity contribution in [3.05, 3.63) is 46.9 Å². The normalized spacial score (nSPS) is 10.3. The topological polar surface area (TPSA) is 106 Å². The van der Waals surface area contributed by atoms with Gasteiger partial charge in [0.05, 0.1) is 16.8 Å². The molecular weight excluding hydrogens is 260 g/mol. The first-order chi connectivity index (χ1) is 9.38. The van der Waals surface area contributed by atoms with Crippen LogP contribution in [0.25, 0.3) is 0 Å². The average molecular weight is 274 g/mol. The third-order valence-electron chi connectivity index (χ3n) is 2.81. The third kappa shape index (κ3) is 2.64. The number of carboxylic acid groups (broad SMARTS) is 1. The van der Waals surface area contributed by atoms with Gasteiger partial charge in [-0.15, -0.1) is 0 Å². The van der Waals surface area contributed by atoms with E-state index in [0.717, 1.165) is 0 Å². The Hall–Kier alpha value is -2.76. The fraction of sp³-hybridized carbons (Fsp3) is 0.143. The highest BCUT2D eigenvalue weighted by molar-refractivity contribution is 6.08. The van der Waals surface area contributed by atoms with E-state index < -0.39 is 11.9 Å². The molecule has 0 radical (unpaired) electrons. The summed E-state index contributed by atoms with van der Waals surface area (Å²) in [6.07, 6.45) is 0. The lowest BCUT2D eigenvalue weighted by Crippen LogP contribution is -2.15.